The third kappa shape index (κ3) is 3.63. The lowest BCUT2D eigenvalue weighted by molar-refractivity contribution is -0.137. The zero-order valence-electron chi connectivity index (χ0n) is 16.4. The second-order valence-corrected chi connectivity index (χ2v) is 8.79. The molecule has 1 spiro atoms. The third-order valence-corrected chi connectivity index (χ3v) is 6.81. The molecule has 0 amide bonds. The van der Waals surface area contributed by atoms with Crippen molar-refractivity contribution in [3.63, 3.8) is 0 Å². The first-order valence-corrected chi connectivity index (χ1v) is 10.8. The first-order chi connectivity index (χ1) is 14.2. The molecule has 29 heavy (non-hydrogen) atoms. The van der Waals surface area contributed by atoms with E-state index in [-0.39, 0.29) is 0 Å². The van der Waals surface area contributed by atoms with E-state index in [1.165, 1.54) is 5.56 Å². The predicted octanol–water partition coefficient (Wildman–Crippen LogP) is 3.65. The highest BCUT2D eigenvalue weighted by atomic mass is 35.5. The summed E-state index contributed by atoms with van der Waals surface area (Å²) in [5, 5.41) is 5.29. The van der Waals surface area contributed by atoms with Crippen LogP contribution in [0.1, 0.15) is 54.5 Å². The topological polar surface area (TPSA) is 56.6 Å². The standard InChI is InChI=1S/C22H26ClN3O3/c23-17-1-2-19-20(11-17)22(29-21(19)15-27)5-7-25(8-6-22)13-16-12-24-26(14-16)18-3-9-28-10-4-18/h1-2,11-12,14-15,18,21H,3-10,13H2. The Labute approximate surface area is 175 Å². The fourth-order valence-corrected chi connectivity index (χ4v) is 5.14. The van der Waals surface area contributed by atoms with Crippen molar-refractivity contribution < 1.29 is 14.3 Å². The van der Waals surface area contributed by atoms with Gasteiger partial charge in [-0.1, -0.05) is 17.7 Å². The number of hydrogen-bond donors (Lipinski definition) is 0. The van der Waals surface area contributed by atoms with E-state index in [4.69, 9.17) is 21.1 Å². The van der Waals surface area contributed by atoms with Gasteiger partial charge in [-0.3, -0.25) is 9.58 Å². The monoisotopic (exact) mass is 415 g/mol. The summed E-state index contributed by atoms with van der Waals surface area (Å²) in [4.78, 5) is 14.0. The SMILES string of the molecule is O=CC1OC2(CCN(Cc3cnn(C4CCOCC4)c3)CC2)c2cc(Cl)ccc21. The molecule has 154 valence electrons. The molecule has 2 fully saturated rings. The van der Waals surface area contributed by atoms with Crippen molar-refractivity contribution in [1.29, 1.82) is 0 Å². The molecule has 0 saturated carbocycles. The van der Waals surface area contributed by atoms with Gasteiger partial charge >= 0.3 is 0 Å². The molecule has 0 bridgehead atoms. The van der Waals surface area contributed by atoms with Gasteiger partial charge in [0.1, 0.15) is 6.10 Å². The number of ether oxygens (including phenoxy) is 2. The largest absolute Gasteiger partial charge is 0.381 e. The minimum atomic E-state index is -0.480. The number of piperidine rings is 1. The maximum atomic E-state index is 11.5. The predicted molar refractivity (Wildman–Crippen MR) is 109 cm³/mol. The van der Waals surface area contributed by atoms with Gasteiger partial charge in [0.2, 0.25) is 0 Å². The van der Waals surface area contributed by atoms with Gasteiger partial charge in [-0.05, 0) is 48.9 Å². The number of fused-ring (bicyclic) bond motifs is 2. The molecule has 0 aliphatic carbocycles. The molecule has 1 unspecified atom stereocenters. The number of rotatable bonds is 4. The number of aromatic nitrogens is 2. The Morgan fingerprint density at radius 2 is 2.03 bits per heavy atom. The minimum absolute atomic E-state index is 0.394. The highest BCUT2D eigenvalue weighted by Crippen LogP contribution is 2.49. The maximum Gasteiger partial charge on any atom is 0.153 e. The van der Waals surface area contributed by atoms with Crippen LogP contribution in [0.25, 0.3) is 0 Å². The number of aldehydes is 1. The zero-order chi connectivity index (χ0) is 19.8. The van der Waals surface area contributed by atoms with Crippen LogP contribution in [0.2, 0.25) is 5.02 Å². The molecular formula is C22H26ClN3O3. The van der Waals surface area contributed by atoms with E-state index in [9.17, 15) is 4.79 Å². The summed E-state index contributed by atoms with van der Waals surface area (Å²) in [5.41, 5.74) is 2.91. The quantitative estimate of drug-likeness (QED) is 0.713. The Balaban J connectivity index is 1.25. The van der Waals surface area contributed by atoms with Gasteiger partial charge in [0.15, 0.2) is 6.29 Å². The summed E-state index contributed by atoms with van der Waals surface area (Å²) in [6.45, 7) is 4.36. The van der Waals surface area contributed by atoms with Gasteiger partial charge in [-0.2, -0.15) is 5.10 Å². The van der Waals surface area contributed by atoms with Crippen LogP contribution < -0.4 is 0 Å². The van der Waals surface area contributed by atoms with Crippen molar-refractivity contribution in [1.82, 2.24) is 14.7 Å². The van der Waals surface area contributed by atoms with Gasteiger partial charge in [-0.15, -0.1) is 0 Å². The molecular weight excluding hydrogens is 390 g/mol. The Morgan fingerprint density at radius 1 is 1.24 bits per heavy atom. The van der Waals surface area contributed by atoms with Crippen molar-refractivity contribution in [3.8, 4) is 0 Å². The molecule has 4 heterocycles. The van der Waals surface area contributed by atoms with E-state index in [1.54, 1.807) is 0 Å². The van der Waals surface area contributed by atoms with Gasteiger partial charge < -0.3 is 14.3 Å². The van der Waals surface area contributed by atoms with Crippen molar-refractivity contribution in [2.45, 2.75) is 50.0 Å². The first kappa shape index (κ1) is 19.2. The molecule has 3 aliphatic rings. The number of halogens is 1. The molecule has 0 N–H and O–H groups in total. The number of hydrogen-bond acceptors (Lipinski definition) is 5. The van der Waals surface area contributed by atoms with Crippen molar-refractivity contribution in [2.24, 2.45) is 0 Å². The van der Waals surface area contributed by atoms with Crippen LogP contribution in [0.5, 0.6) is 0 Å². The summed E-state index contributed by atoms with van der Waals surface area (Å²) in [6.07, 6.45) is 8.38. The average Bonchev–Trinajstić information content (AvgIpc) is 3.34. The molecule has 1 atom stereocenters. The number of likely N-dealkylation sites (tertiary alicyclic amines) is 1. The van der Waals surface area contributed by atoms with Crippen LogP contribution in [0.15, 0.2) is 30.6 Å². The molecule has 0 radical (unpaired) electrons. The van der Waals surface area contributed by atoms with Crippen LogP contribution in [-0.2, 0) is 26.4 Å². The smallest absolute Gasteiger partial charge is 0.153 e. The third-order valence-electron chi connectivity index (χ3n) is 6.58. The molecule has 1 aromatic heterocycles. The Morgan fingerprint density at radius 3 is 2.79 bits per heavy atom. The molecule has 1 aromatic carbocycles. The van der Waals surface area contributed by atoms with E-state index in [0.29, 0.717) is 11.1 Å². The van der Waals surface area contributed by atoms with Crippen LogP contribution in [0.4, 0.5) is 0 Å². The second kappa shape index (κ2) is 7.84. The Kier molecular flexibility index (Phi) is 5.20. The van der Waals surface area contributed by atoms with Crippen LogP contribution >= 0.6 is 11.6 Å². The Bertz CT molecular complexity index is 885. The number of carbonyl (C=O) groups excluding carboxylic acids is 1. The maximum absolute atomic E-state index is 11.5. The summed E-state index contributed by atoms with van der Waals surface area (Å²) in [7, 11) is 0. The summed E-state index contributed by atoms with van der Waals surface area (Å²) >= 11 is 6.25. The number of carbonyl (C=O) groups is 1. The number of nitrogens with zero attached hydrogens (tertiary/aromatic N) is 3. The van der Waals surface area contributed by atoms with E-state index < -0.39 is 11.7 Å². The highest BCUT2D eigenvalue weighted by molar-refractivity contribution is 6.30. The van der Waals surface area contributed by atoms with E-state index in [0.717, 1.165) is 75.9 Å². The van der Waals surface area contributed by atoms with E-state index >= 15 is 0 Å². The average molecular weight is 416 g/mol. The zero-order valence-corrected chi connectivity index (χ0v) is 17.2. The van der Waals surface area contributed by atoms with Crippen molar-refractivity contribution >= 4 is 17.9 Å². The molecule has 6 nitrogen and oxygen atoms in total. The van der Waals surface area contributed by atoms with Crippen molar-refractivity contribution in [2.75, 3.05) is 26.3 Å². The van der Waals surface area contributed by atoms with Gasteiger partial charge in [0.05, 0.1) is 17.8 Å². The minimum Gasteiger partial charge on any atom is -0.381 e. The molecule has 7 heteroatoms. The first-order valence-electron chi connectivity index (χ1n) is 10.4. The lowest BCUT2D eigenvalue weighted by atomic mass is 9.83. The van der Waals surface area contributed by atoms with Crippen molar-refractivity contribution in [3.05, 3.63) is 52.3 Å². The lowest BCUT2D eigenvalue weighted by Gasteiger charge is -2.39. The van der Waals surface area contributed by atoms with Crippen LogP contribution in [0, 0.1) is 0 Å². The summed E-state index contributed by atoms with van der Waals surface area (Å²) in [6, 6.07) is 6.21. The molecule has 2 aromatic rings. The Hall–Kier alpha value is -1.73. The molecule has 5 rings (SSSR count). The van der Waals surface area contributed by atoms with Crippen LogP contribution in [0.3, 0.4) is 0 Å². The van der Waals surface area contributed by atoms with Gasteiger partial charge in [-0.25, -0.2) is 0 Å². The van der Waals surface area contributed by atoms with Gasteiger partial charge in [0.25, 0.3) is 0 Å². The van der Waals surface area contributed by atoms with Crippen LogP contribution in [-0.4, -0.2) is 47.3 Å². The molecule has 3 aliphatic heterocycles. The summed E-state index contributed by atoms with van der Waals surface area (Å²) < 4.78 is 13.8. The lowest BCUT2D eigenvalue weighted by Crippen LogP contribution is -2.42. The normalized spacial score (nSPS) is 24.7. The molecule has 2 saturated heterocycles. The van der Waals surface area contributed by atoms with Gasteiger partial charge in [0, 0.05) is 49.6 Å². The highest BCUT2D eigenvalue weighted by Gasteiger charge is 2.46. The fourth-order valence-electron chi connectivity index (χ4n) is 4.97. The number of benzene rings is 1. The van der Waals surface area contributed by atoms with E-state index in [1.807, 2.05) is 24.4 Å². The van der Waals surface area contributed by atoms with E-state index in [2.05, 4.69) is 20.9 Å². The second-order valence-electron chi connectivity index (χ2n) is 8.35. The fraction of sp³-hybridized carbons (Fsp3) is 0.545. The summed E-state index contributed by atoms with van der Waals surface area (Å²) in [5.74, 6) is 0.